The largest absolute Gasteiger partial charge is 0.459 e. The first-order chi connectivity index (χ1) is 26.4. The van der Waals surface area contributed by atoms with Crippen molar-refractivity contribution in [1.82, 2.24) is 0 Å². The lowest BCUT2D eigenvalue weighted by Gasteiger charge is -2.67. The summed E-state index contributed by atoms with van der Waals surface area (Å²) in [6, 6.07) is 8.73. The number of aliphatic hydroxyl groups excluding tert-OH is 6. The lowest BCUT2D eigenvalue weighted by Crippen LogP contribution is -2.76. The van der Waals surface area contributed by atoms with Gasteiger partial charge in [-0.3, -0.25) is 0 Å². The van der Waals surface area contributed by atoms with Gasteiger partial charge in [0, 0.05) is 18.4 Å². The average molecular weight is 795 g/mol. The predicted octanol–water partition coefficient (Wildman–Crippen LogP) is 0.782. The summed E-state index contributed by atoms with van der Waals surface area (Å²) in [5.41, 5.74) is -4.26. The van der Waals surface area contributed by atoms with Crippen molar-refractivity contribution in [3.63, 3.8) is 0 Å². The molecular weight excluding hydrogens is 732 g/mol. The van der Waals surface area contributed by atoms with Crippen LogP contribution >= 0.6 is 0 Å². The van der Waals surface area contributed by atoms with E-state index in [-0.39, 0.29) is 42.1 Å². The number of methoxy groups -OCH3 is 1. The second kappa shape index (κ2) is 15.6. The van der Waals surface area contributed by atoms with Crippen molar-refractivity contribution in [2.24, 2.45) is 28.6 Å². The zero-order valence-electron chi connectivity index (χ0n) is 32.9. The number of fused-ring (bicyclic) bond motifs is 5. The lowest BCUT2D eigenvalue weighted by atomic mass is 9.41. The fourth-order valence-corrected chi connectivity index (χ4v) is 12.2. The fraction of sp³-hybridized carbons (Fsp3) is 0.829. The van der Waals surface area contributed by atoms with Gasteiger partial charge < -0.3 is 69.3 Å². The summed E-state index contributed by atoms with van der Waals surface area (Å²) in [7, 11) is 1.40. The monoisotopic (exact) mass is 794 g/mol. The van der Waals surface area contributed by atoms with E-state index in [1.54, 1.807) is 38.1 Å². The maximum atomic E-state index is 13.0. The molecule has 0 bridgehead atoms. The summed E-state index contributed by atoms with van der Waals surface area (Å²) >= 11 is 0. The standard InChI is InChI=1S/C41H62O15/c1-20(52-35(48)22-9-7-6-8-10-22)25-18-28(43)41(50)39(25,4)15-13-27-38(3)14-12-24(17-23(38)11-16-40(27,41)49)54-37-32(47)34(51-5)33(21(2)53-37)56-36-31(46)30(45)29(44)26(19-42)55-36/h6-10,20-21,23-34,36-37,42-47,49-50H,11-19H2,1-5H3/t20?,21-,23?,24?,25-,26-,27-,28?,29-,30+,31-,32-,33+,34-,36+,37+,38+,39-,40+,41+/m1/s1. The van der Waals surface area contributed by atoms with Gasteiger partial charge in [0.15, 0.2) is 12.6 Å². The third kappa shape index (κ3) is 6.57. The molecular formula is C41H62O15. The SMILES string of the molecule is CO[C@@H]1[C@@H](O)[C@H](OC2CC[C@@]3(C)C(CC[C@]4(O)[C@@H]3CC[C@]3(C)[C@@H](C(C)OC(=O)c5ccccc5)CC(O)[C@]34O)C2)O[C@H](C)[C@@H]1O[C@@H]1O[C@H](CO)[C@@H](O)[C@H](O)[C@H]1O. The molecule has 15 heteroatoms. The molecule has 4 saturated carbocycles. The van der Waals surface area contributed by atoms with Crippen LogP contribution in [0.25, 0.3) is 0 Å². The number of ether oxygens (including phenoxy) is 6. The van der Waals surface area contributed by atoms with Crippen LogP contribution in [0, 0.1) is 28.6 Å². The highest BCUT2D eigenvalue weighted by Crippen LogP contribution is 2.71. The molecule has 0 amide bonds. The average Bonchev–Trinajstić information content (AvgIpc) is 3.39. The summed E-state index contributed by atoms with van der Waals surface area (Å²) in [4.78, 5) is 13.0. The highest BCUT2D eigenvalue weighted by molar-refractivity contribution is 5.89. The minimum atomic E-state index is -1.82. The van der Waals surface area contributed by atoms with Crippen molar-refractivity contribution in [3.8, 4) is 0 Å². The highest BCUT2D eigenvalue weighted by atomic mass is 16.7. The topological polar surface area (TPSA) is 234 Å². The van der Waals surface area contributed by atoms with Gasteiger partial charge >= 0.3 is 5.97 Å². The summed E-state index contributed by atoms with van der Waals surface area (Å²) in [5, 5.41) is 89.2. The van der Waals surface area contributed by atoms with Crippen LogP contribution in [0.2, 0.25) is 0 Å². The first-order valence-corrected chi connectivity index (χ1v) is 20.3. The van der Waals surface area contributed by atoms with Crippen molar-refractivity contribution in [1.29, 1.82) is 0 Å². The molecule has 2 saturated heterocycles. The lowest BCUT2D eigenvalue weighted by molar-refractivity contribution is -0.363. The Kier molecular flexibility index (Phi) is 11.8. The number of carbonyl (C=O) groups excluding carboxylic acids is 1. The molecule has 4 unspecified atom stereocenters. The molecule has 4 aliphatic carbocycles. The molecule has 1 aromatic rings. The second-order valence-corrected chi connectivity index (χ2v) is 18.0. The van der Waals surface area contributed by atoms with E-state index in [0.717, 1.165) is 0 Å². The van der Waals surface area contributed by atoms with Gasteiger partial charge in [0.05, 0.1) is 36.1 Å². The number of carbonyl (C=O) groups is 1. The molecule has 20 atom stereocenters. The van der Waals surface area contributed by atoms with Crippen molar-refractivity contribution in [3.05, 3.63) is 35.9 Å². The summed E-state index contributed by atoms with van der Waals surface area (Å²) in [5.74, 6) is -1.04. The number of hydrogen-bond donors (Lipinski definition) is 8. The number of aliphatic hydroxyl groups is 8. The van der Waals surface area contributed by atoms with E-state index in [9.17, 15) is 45.6 Å². The van der Waals surface area contributed by atoms with Crippen LogP contribution in [-0.4, -0.2) is 151 Å². The first kappa shape index (κ1) is 42.3. The van der Waals surface area contributed by atoms with Gasteiger partial charge in [-0.05, 0) is 94.6 Å². The molecule has 1 aromatic carbocycles. The van der Waals surface area contributed by atoms with Gasteiger partial charge in [-0.15, -0.1) is 0 Å². The first-order valence-electron chi connectivity index (χ1n) is 20.3. The van der Waals surface area contributed by atoms with Crippen LogP contribution in [-0.2, 0) is 28.4 Å². The Hall–Kier alpha value is -1.83. The summed E-state index contributed by atoms with van der Waals surface area (Å²) < 4.78 is 35.7. The van der Waals surface area contributed by atoms with Gasteiger partial charge in [0.25, 0.3) is 0 Å². The van der Waals surface area contributed by atoms with Gasteiger partial charge in [0.1, 0.15) is 54.4 Å². The van der Waals surface area contributed by atoms with Crippen LogP contribution in [0.4, 0.5) is 0 Å². The zero-order chi connectivity index (χ0) is 40.5. The van der Waals surface area contributed by atoms with Crippen molar-refractivity contribution < 1.29 is 74.1 Å². The molecule has 7 rings (SSSR count). The molecule has 56 heavy (non-hydrogen) atoms. The molecule has 0 radical (unpaired) electrons. The van der Waals surface area contributed by atoms with Crippen LogP contribution < -0.4 is 0 Å². The highest BCUT2D eigenvalue weighted by Gasteiger charge is 2.77. The van der Waals surface area contributed by atoms with Gasteiger partial charge in [-0.1, -0.05) is 32.0 Å². The summed E-state index contributed by atoms with van der Waals surface area (Å²) in [6.07, 6.45) is -10.6. The number of benzene rings is 1. The molecule has 0 aromatic heterocycles. The van der Waals surface area contributed by atoms with Crippen LogP contribution in [0.3, 0.4) is 0 Å². The number of esters is 1. The maximum Gasteiger partial charge on any atom is 0.338 e. The van der Waals surface area contributed by atoms with E-state index < -0.39 is 103 Å². The third-order valence-corrected chi connectivity index (χ3v) is 15.4. The molecule has 2 heterocycles. The molecule has 6 aliphatic rings. The molecule has 2 aliphatic heterocycles. The molecule has 316 valence electrons. The van der Waals surface area contributed by atoms with E-state index in [2.05, 4.69) is 6.92 Å². The predicted molar refractivity (Wildman–Crippen MR) is 195 cm³/mol. The number of hydrogen-bond acceptors (Lipinski definition) is 15. The van der Waals surface area contributed by atoms with Crippen LogP contribution in [0.1, 0.15) is 89.4 Å². The van der Waals surface area contributed by atoms with E-state index in [0.29, 0.717) is 44.1 Å². The quantitative estimate of drug-likeness (QED) is 0.128. The van der Waals surface area contributed by atoms with Crippen LogP contribution in [0.5, 0.6) is 0 Å². The van der Waals surface area contributed by atoms with Crippen molar-refractivity contribution >= 4 is 5.97 Å². The summed E-state index contributed by atoms with van der Waals surface area (Å²) in [6.45, 7) is 6.98. The molecule has 6 fully saturated rings. The Balaban J connectivity index is 1.01. The van der Waals surface area contributed by atoms with E-state index in [4.69, 9.17) is 28.4 Å². The van der Waals surface area contributed by atoms with E-state index >= 15 is 0 Å². The van der Waals surface area contributed by atoms with Gasteiger partial charge in [-0.2, -0.15) is 0 Å². The minimum Gasteiger partial charge on any atom is -0.459 e. The Labute approximate surface area is 327 Å². The van der Waals surface area contributed by atoms with E-state index in [1.807, 2.05) is 13.0 Å². The smallest absolute Gasteiger partial charge is 0.338 e. The normalized spacial score (nSPS) is 51.0. The third-order valence-electron chi connectivity index (χ3n) is 15.4. The number of rotatable bonds is 9. The van der Waals surface area contributed by atoms with E-state index in [1.165, 1.54) is 7.11 Å². The second-order valence-electron chi connectivity index (χ2n) is 18.0. The van der Waals surface area contributed by atoms with Crippen LogP contribution in [0.15, 0.2) is 30.3 Å². The molecule has 15 nitrogen and oxygen atoms in total. The molecule has 0 spiro atoms. The Morgan fingerprint density at radius 3 is 2.23 bits per heavy atom. The Morgan fingerprint density at radius 1 is 0.857 bits per heavy atom. The zero-order valence-corrected chi connectivity index (χ0v) is 32.9. The van der Waals surface area contributed by atoms with Gasteiger partial charge in [-0.25, -0.2) is 4.79 Å². The van der Waals surface area contributed by atoms with Crippen molar-refractivity contribution in [2.75, 3.05) is 13.7 Å². The molecule has 8 N–H and O–H groups in total. The maximum absolute atomic E-state index is 13.0. The van der Waals surface area contributed by atoms with Gasteiger partial charge in [0.2, 0.25) is 0 Å². The fourth-order valence-electron chi connectivity index (χ4n) is 12.2. The van der Waals surface area contributed by atoms with Crippen molar-refractivity contribution in [2.45, 2.75) is 170 Å². The Morgan fingerprint density at radius 2 is 1.55 bits per heavy atom. The Bertz CT molecular complexity index is 1530. The minimum absolute atomic E-state index is 0.109.